The van der Waals surface area contributed by atoms with Crippen molar-refractivity contribution in [2.45, 2.75) is 5.88 Å². The Hall–Kier alpha value is -2.79. The first kappa shape index (κ1) is 15.7. The van der Waals surface area contributed by atoms with E-state index in [1.807, 2.05) is 49.3 Å². The number of hydrogen-bond acceptors (Lipinski definition) is 5. The zero-order valence-electron chi connectivity index (χ0n) is 13.7. The molecule has 0 N–H and O–H groups in total. The second kappa shape index (κ2) is 5.93. The van der Waals surface area contributed by atoms with E-state index >= 15 is 0 Å². The van der Waals surface area contributed by atoms with Gasteiger partial charge in [-0.15, -0.1) is 11.6 Å². The fourth-order valence-corrected chi connectivity index (χ4v) is 3.02. The molecule has 0 aliphatic rings. The van der Waals surface area contributed by atoms with Crippen molar-refractivity contribution in [3.05, 3.63) is 58.4 Å². The second-order valence-electron chi connectivity index (χ2n) is 6.00. The Labute approximate surface area is 148 Å². The topological polar surface area (TPSA) is 59.5 Å². The van der Waals surface area contributed by atoms with Crippen molar-refractivity contribution in [2.75, 3.05) is 19.0 Å². The van der Waals surface area contributed by atoms with Crippen LogP contribution in [-0.4, -0.2) is 19.1 Å². The molecule has 0 spiro atoms. The minimum absolute atomic E-state index is 0.225. The summed E-state index contributed by atoms with van der Waals surface area (Å²) in [5.41, 5.74) is 3.92. The number of rotatable bonds is 3. The highest BCUT2D eigenvalue weighted by molar-refractivity contribution is 6.18. The third-order valence-electron chi connectivity index (χ3n) is 4.09. The van der Waals surface area contributed by atoms with Crippen LogP contribution in [0.15, 0.2) is 56.1 Å². The Morgan fingerprint density at radius 2 is 1.92 bits per heavy atom. The quantitative estimate of drug-likeness (QED) is 0.403. The molecule has 2 aromatic carbocycles. The molecular formula is C19H15ClN2O3. The van der Waals surface area contributed by atoms with Gasteiger partial charge < -0.3 is 13.7 Å². The Bertz CT molecular complexity index is 1140. The molecule has 126 valence electrons. The largest absolute Gasteiger partial charge is 0.436 e. The number of anilines is 1. The lowest BCUT2D eigenvalue weighted by molar-refractivity contribution is 0.558. The van der Waals surface area contributed by atoms with Crippen molar-refractivity contribution in [2.24, 2.45) is 0 Å². The zero-order chi connectivity index (χ0) is 17.6. The van der Waals surface area contributed by atoms with Gasteiger partial charge >= 0.3 is 5.63 Å². The van der Waals surface area contributed by atoms with Gasteiger partial charge in [0.1, 0.15) is 11.1 Å². The fraction of sp³-hybridized carbons (Fsp3) is 0.158. The predicted octanol–water partition coefficient (Wildman–Crippen LogP) is 4.41. The van der Waals surface area contributed by atoms with Gasteiger partial charge in [-0.25, -0.2) is 9.78 Å². The van der Waals surface area contributed by atoms with Crippen LogP contribution in [0.3, 0.4) is 0 Å². The molecule has 0 aliphatic heterocycles. The van der Waals surface area contributed by atoms with Crippen LogP contribution in [0.25, 0.3) is 33.5 Å². The summed E-state index contributed by atoms with van der Waals surface area (Å²) in [4.78, 5) is 18.3. The van der Waals surface area contributed by atoms with E-state index in [0.717, 1.165) is 16.6 Å². The van der Waals surface area contributed by atoms with Gasteiger partial charge in [-0.1, -0.05) is 6.07 Å². The van der Waals surface area contributed by atoms with Gasteiger partial charge in [0.15, 0.2) is 5.58 Å². The van der Waals surface area contributed by atoms with Gasteiger partial charge in [0.25, 0.3) is 0 Å². The average molecular weight is 355 g/mol. The van der Waals surface area contributed by atoms with Crippen LogP contribution in [0.4, 0.5) is 5.69 Å². The number of nitrogens with zero attached hydrogens (tertiary/aromatic N) is 2. The molecule has 0 bridgehead atoms. The van der Waals surface area contributed by atoms with Crippen molar-refractivity contribution in [3.8, 4) is 11.5 Å². The van der Waals surface area contributed by atoms with E-state index < -0.39 is 5.63 Å². The van der Waals surface area contributed by atoms with Crippen LogP contribution in [0, 0.1) is 0 Å². The molecule has 2 heterocycles. The Morgan fingerprint density at radius 3 is 2.68 bits per heavy atom. The first-order valence-corrected chi connectivity index (χ1v) is 8.29. The molecule has 0 saturated heterocycles. The predicted molar refractivity (Wildman–Crippen MR) is 99.4 cm³/mol. The molecular weight excluding hydrogens is 340 g/mol. The molecule has 4 aromatic rings. The van der Waals surface area contributed by atoms with Crippen molar-refractivity contribution < 1.29 is 8.83 Å². The van der Waals surface area contributed by atoms with Crippen molar-refractivity contribution in [1.82, 2.24) is 4.98 Å². The normalized spacial score (nSPS) is 11.3. The second-order valence-corrected chi connectivity index (χ2v) is 6.27. The van der Waals surface area contributed by atoms with E-state index in [4.69, 9.17) is 20.4 Å². The van der Waals surface area contributed by atoms with Crippen molar-refractivity contribution >= 4 is 39.4 Å². The lowest BCUT2D eigenvalue weighted by Crippen LogP contribution is -2.08. The fourth-order valence-electron chi connectivity index (χ4n) is 2.80. The van der Waals surface area contributed by atoms with Gasteiger partial charge in [0.05, 0.1) is 0 Å². The summed E-state index contributed by atoms with van der Waals surface area (Å²) in [6, 6.07) is 12.9. The Morgan fingerprint density at radius 1 is 1.08 bits per heavy atom. The first-order chi connectivity index (χ1) is 12.0. The molecule has 0 fully saturated rings. The van der Waals surface area contributed by atoms with E-state index in [9.17, 15) is 4.79 Å². The summed E-state index contributed by atoms with van der Waals surface area (Å²) >= 11 is 5.95. The Kier molecular flexibility index (Phi) is 3.73. The maximum absolute atomic E-state index is 11.7. The van der Waals surface area contributed by atoms with Crippen LogP contribution in [-0.2, 0) is 5.88 Å². The molecule has 0 amide bonds. The minimum Gasteiger partial charge on any atom is -0.436 e. The van der Waals surface area contributed by atoms with Crippen LogP contribution < -0.4 is 10.5 Å². The average Bonchev–Trinajstić information content (AvgIpc) is 3.02. The number of aromatic nitrogens is 1. The number of alkyl halides is 1. The highest BCUT2D eigenvalue weighted by atomic mass is 35.5. The molecule has 0 saturated carbocycles. The summed E-state index contributed by atoms with van der Waals surface area (Å²) in [7, 11) is 3.96. The molecule has 0 unspecified atom stereocenters. The Balaban J connectivity index is 1.92. The lowest BCUT2D eigenvalue weighted by atomic mass is 10.1. The maximum atomic E-state index is 11.7. The molecule has 6 heteroatoms. The van der Waals surface area contributed by atoms with Gasteiger partial charge in [-0.3, -0.25) is 0 Å². The molecule has 5 nitrogen and oxygen atoms in total. The summed E-state index contributed by atoms with van der Waals surface area (Å²) in [6.45, 7) is 0. The van der Waals surface area contributed by atoms with Gasteiger partial charge in [-0.2, -0.15) is 0 Å². The molecule has 0 radical (unpaired) electrons. The van der Waals surface area contributed by atoms with E-state index in [2.05, 4.69) is 4.98 Å². The van der Waals surface area contributed by atoms with Crippen LogP contribution >= 0.6 is 11.6 Å². The SMILES string of the molecule is CN(C)c1cccc(-c2nc3cc4c(CCl)cc(=O)oc4cc3o2)c1. The van der Waals surface area contributed by atoms with Gasteiger partial charge in [0.2, 0.25) is 5.89 Å². The van der Waals surface area contributed by atoms with Crippen LogP contribution in [0.5, 0.6) is 0 Å². The summed E-state index contributed by atoms with van der Waals surface area (Å²) < 4.78 is 11.2. The number of benzene rings is 2. The van der Waals surface area contributed by atoms with E-state index in [0.29, 0.717) is 28.1 Å². The smallest absolute Gasteiger partial charge is 0.336 e. The number of hydrogen-bond donors (Lipinski definition) is 0. The summed E-state index contributed by atoms with van der Waals surface area (Å²) in [6.07, 6.45) is 0. The lowest BCUT2D eigenvalue weighted by Gasteiger charge is -2.12. The molecule has 4 rings (SSSR count). The minimum atomic E-state index is -0.430. The first-order valence-electron chi connectivity index (χ1n) is 7.76. The van der Waals surface area contributed by atoms with E-state index in [-0.39, 0.29) is 5.88 Å². The van der Waals surface area contributed by atoms with Gasteiger partial charge in [0, 0.05) is 48.7 Å². The zero-order valence-corrected chi connectivity index (χ0v) is 14.5. The molecule has 0 aliphatic carbocycles. The van der Waals surface area contributed by atoms with Crippen LogP contribution in [0.1, 0.15) is 5.56 Å². The molecule has 0 atom stereocenters. The van der Waals surface area contributed by atoms with Crippen LogP contribution in [0.2, 0.25) is 0 Å². The van der Waals surface area contributed by atoms with Crippen molar-refractivity contribution in [1.29, 1.82) is 0 Å². The monoisotopic (exact) mass is 354 g/mol. The molecule has 25 heavy (non-hydrogen) atoms. The summed E-state index contributed by atoms with van der Waals surface area (Å²) in [5, 5.41) is 0.768. The van der Waals surface area contributed by atoms with Gasteiger partial charge in [-0.05, 0) is 29.8 Å². The maximum Gasteiger partial charge on any atom is 0.336 e. The molecule has 2 aromatic heterocycles. The standard InChI is InChI=1S/C19H15ClN2O3/c1-22(2)13-5-3-4-11(6-13)19-21-15-8-14-12(10-20)7-18(23)24-16(14)9-17(15)25-19/h3-9H,10H2,1-2H3. The summed E-state index contributed by atoms with van der Waals surface area (Å²) in [5.74, 6) is 0.743. The number of oxazole rings is 1. The number of fused-ring (bicyclic) bond motifs is 2. The number of halogens is 1. The third-order valence-corrected chi connectivity index (χ3v) is 4.38. The van der Waals surface area contributed by atoms with E-state index in [1.165, 1.54) is 6.07 Å². The third kappa shape index (κ3) is 2.76. The van der Waals surface area contributed by atoms with Crippen molar-refractivity contribution in [3.63, 3.8) is 0 Å². The highest BCUT2D eigenvalue weighted by Crippen LogP contribution is 2.30. The highest BCUT2D eigenvalue weighted by Gasteiger charge is 2.13. The van der Waals surface area contributed by atoms with E-state index in [1.54, 1.807) is 6.07 Å².